The molecule has 26 heavy (non-hydrogen) atoms. The van der Waals surface area contributed by atoms with Crippen molar-refractivity contribution in [2.24, 2.45) is 0 Å². The molecule has 1 unspecified atom stereocenters. The molecule has 1 aliphatic rings. The van der Waals surface area contributed by atoms with Crippen molar-refractivity contribution >= 4 is 31.5 Å². The highest BCUT2D eigenvalue weighted by Gasteiger charge is 2.50. The van der Waals surface area contributed by atoms with Crippen LogP contribution in [0.25, 0.3) is 0 Å². The zero-order chi connectivity index (χ0) is 20.0. The molecule has 1 aromatic rings. The van der Waals surface area contributed by atoms with Gasteiger partial charge in [0.2, 0.25) is 5.91 Å². The van der Waals surface area contributed by atoms with E-state index in [-0.39, 0.29) is 30.8 Å². The van der Waals surface area contributed by atoms with Crippen LogP contribution in [0.5, 0.6) is 0 Å². The highest BCUT2D eigenvalue weighted by molar-refractivity contribution is 7.93. The van der Waals surface area contributed by atoms with Gasteiger partial charge in [0.15, 0.2) is 9.84 Å². The summed E-state index contributed by atoms with van der Waals surface area (Å²) in [5.41, 5.74) is -5.70. The van der Waals surface area contributed by atoms with Crippen molar-refractivity contribution in [2.45, 2.75) is 30.1 Å². The molecule has 1 heterocycles. The first kappa shape index (κ1) is 20.5. The Balaban J connectivity index is 2.29. The summed E-state index contributed by atoms with van der Waals surface area (Å²) >= 11 is 0. The fourth-order valence-corrected chi connectivity index (χ4v) is 4.06. The number of sulfonamides is 1. The first-order valence-electron chi connectivity index (χ1n) is 7.35. The van der Waals surface area contributed by atoms with Crippen molar-refractivity contribution in [1.82, 2.24) is 4.90 Å². The van der Waals surface area contributed by atoms with Gasteiger partial charge in [0.1, 0.15) is 4.75 Å². The van der Waals surface area contributed by atoms with E-state index in [9.17, 15) is 34.8 Å². The van der Waals surface area contributed by atoms with Crippen LogP contribution in [-0.4, -0.2) is 50.7 Å². The number of alkyl halides is 3. The third-order valence-electron chi connectivity index (χ3n) is 4.34. The summed E-state index contributed by atoms with van der Waals surface area (Å²) in [4.78, 5) is 13.6. The molecule has 2 rings (SSSR count). The third kappa shape index (κ3) is 3.65. The standard InChI is InChI=1S/C14H17F3N2O5S2/c1-13(25(2,21)22)7-8-19(12(13)20)9-10-5-3-4-6-11(10)18-26(23,24)14(15,16)17/h3-6,18H,7-9H2,1-2H3. The quantitative estimate of drug-likeness (QED) is 0.787. The Morgan fingerprint density at radius 3 is 2.27 bits per heavy atom. The van der Waals surface area contributed by atoms with Gasteiger partial charge in [0, 0.05) is 19.3 Å². The number of amides is 1. The molecule has 1 atom stereocenters. The maximum atomic E-state index is 12.6. The first-order valence-corrected chi connectivity index (χ1v) is 10.7. The number of anilines is 1. The maximum absolute atomic E-state index is 12.6. The average molecular weight is 414 g/mol. The number of sulfone groups is 1. The van der Waals surface area contributed by atoms with E-state index in [4.69, 9.17) is 0 Å². The van der Waals surface area contributed by atoms with Crippen LogP contribution in [0.15, 0.2) is 24.3 Å². The molecule has 0 aliphatic carbocycles. The van der Waals surface area contributed by atoms with Crippen LogP contribution in [0.4, 0.5) is 18.9 Å². The zero-order valence-corrected chi connectivity index (χ0v) is 15.5. The van der Waals surface area contributed by atoms with Crippen LogP contribution < -0.4 is 4.72 Å². The first-order chi connectivity index (χ1) is 11.7. The number of nitrogens with one attached hydrogen (secondary N) is 1. The van der Waals surface area contributed by atoms with E-state index in [0.29, 0.717) is 0 Å². The second kappa shape index (κ2) is 6.41. The van der Waals surface area contributed by atoms with Gasteiger partial charge >= 0.3 is 15.5 Å². The molecule has 1 aromatic carbocycles. The number of rotatable bonds is 5. The summed E-state index contributed by atoms with van der Waals surface area (Å²) in [7, 11) is -9.30. The number of halogens is 3. The summed E-state index contributed by atoms with van der Waals surface area (Å²) in [5, 5.41) is 0. The maximum Gasteiger partial charge on any atom is 0.516 e. The van der Waals surface area contributed by atoms with E-state index in [1.54, 1.807) is 0 Å². The fraction of sp³-hybridized carbons (Fsp3) is 0.500. The number of carbonyl (C=O) groups is 1. The largest absolute Gasteiger partial charge is 0.516 e. The lowest BCUT2D eigenvalue weighted by atomic mass is 10.1. The zero-order valence-electron chi connectivity index (χ0n) is 13.9. The topological polar surface area (TPSA) is 101 Å². The van der Waals surface area contributed by atoms with Gasteiger partial charge in [-0.2, -0.15) is 21.6 Å². The molecule has 0 bridgehead atoms. The predicted molar refractivity (Wildman–Crippen MR) is 88.3 cm³/mol. The number of carbonyl (C=O) groups excluding carboxylic acids is 1. The summed E-state index contributed by atoms with van der Waals surface area (Å²) in [6.07, 6.45) is 0.987. The van der Waals surface area contributed by atoms with Gasteiger partial charge in [-0.05, 0) is 25.0 Å². The monoisotopic (exact) mass is 414 g/mol. The van der Waals surface area contributed by atoms with Gasteiger partial charge in [-0.15, -0.1) is 0 Å². The molecule has 146 valence electrons. The normalized spacial score (nSPS) is 21.9. The fourth-order valence-electron chi connectivity index (χ4n) is 2.55. The Labute approximate surface area is 149 Å². The van der Waals surface area contributed by atoms with Gasteiger partial charge in [0.05, 0.1) is 5.69 Å². The summed E-state index contributed by atoms with van der Waals surface area (Å²) < 4.78 is 83.9. The molecule has 7 nitrogen and oxygen atoms in total. The van der Waals surface area contributed by atoms with Crippen molar-refractivity contribution in [1.29, 1.82) is 0 Å². The Bertz CT molecular complexity index is 928. The Morgan fingerprint density at radius 2 is 1.77 bits per heavy atom. The molecule has 1 aliphatic heterocycles. The van der Waals surface area contributed by atoms with Crippen molar-refractivity contribution < 1.29 is 34.8 Å². The Hall–Kier alpha value is -1.82. The van der Waals surface area contributed by atoms with Gasteiger partial charge in [-0.3, -0.25) is 9.52 Å². The summed E-state index contributed by atoms with van der Waals surface area (Å²) in [5.74, 6) is -0.673. The lowest BCUT2D eigenvalue weighted by molar-refractivity contribution is -0.130. The number of hydrogen-bond donors (Lipinski definition) is 1. The molecule has 0 saturated carbocycles. The summed E-state index contributed by atoms with van der Waals surface area (Å²) in [6.45, 7) is 1.16. The van der Waals surface area contributed by atoms with E-state index >= 15 is 0 Å². The van der Waals surface area contributed by atoms with Crippen LogP contribution in [0.1, 0.15) is 18.9 Å². The van der Waals surface area contributed by atoms with Gasteiger partial charge < -0.3 is 4.90 Å². The molecule has 0 aromatic heterocycles. The Kier molecular flexibility index (Phi) is 5.05. The lowest BCUT2D eigenvalue weighted by Gasteiger charge is -2.23. The number of para-hydroxylation sites is 1. The van der Waals surface area contributed by atoms with Gasteiger partial charge in [-0.25, -0.2) is 8.42 Å². The third-order valence-corrected chi connectivity index (χ3v) is 7.46. The lowest BCUT2D eigenvalue weighted by Crippen LogP contribution is -2.43. The van der Waals surface area contributed by atoms with Crippen LogP contribution in [0, 0.1) is 0 Å². The van der Waals surface area contributed by atoms with Crippen molar-refractivity contribution in [2.75, 3.05) is 17.5 Å². The van der Waals surface area contributed by atoms with Crippen LogP contribution in [-0.2, 0) is 31.2 Å². The van der Waals surface area contributed by atoms with E-state index in [1.807, 2.05) is 0 Å². The van der Waals surface area contributed by atoms with E-state index < -0.39 is 36.0 Å². The highest BCUT2D eigenvalue weighted by atomic mass is 32.2. The number of benzene rings is 1. The second-order valence-electron chi connectivity index (χ2n) is 6.19. The minimum absolute atomic E-state index is 0.0428. The average Bonchev–Trinajstić information content (AvgIpc) is 2.77. The highest BCUT2D eigenvalue weighted by Crippen LogP contribution is 2.33. The SMILES string of the molecule is CC1(S(C)(=O)=O)CCN(Cc2ccccc2NS(=O)(=O)C(F)(F)F)C1=O. The minimum Gasteiger partial charge on any atom is -0.337 e. The second-order valence-corrected chi connectivity index (χ2v) is 10.3. The molecule has 0 radical (unpaired) electrons. The van der Waals surface area contributed by atoms with E-state index in [2.05, 4.69) is 0 Å². The molecule has 1 amide bonds. The van der Waals surface area contributed by atoms with Crippen molar-refractivity contribution in [3.8, 4) is 0 Å². The van der Waals surface area contributed by atoms with E-state index in [0.717, 1.165) is 12.3 Å². The van der Waals surface area contributed by atoms with E-state index in [1.165, 1.54) is 34.7 Å². The van der Waals surface area contributed by atoms with Crippen molar-refractivity contribution in [3.05, 3.63) is 29.8 Å². The molecular weight excluding hydrogens is 397 g/mol. The smallest absolute Gasteiger partial charge is 0.337 e. The summed E-state index contributed by atoms with van der Waals surface area (Å²) in [6, 6.07) is 5.30. The minimum atomic E-state index is -5.62. The number of hydrogen-bond acceptors (Lipinski definition) is 5. The van der Waals surface area contributed by atoms with Crippen LogP contribution in [0.2, 0.25) is 0 Å². The Morgan fingerprint density at radius 1 is 1.19 bits per heavy atom. The molecule has 1 N–H and O–H groups in total. The number of nitrogens with zero attached hydrogens (tertiary/aromatic N) is 1. The van der Waals surface area contributed by atoms with Crippen LogP contribution in [0.3, 0.4) is 0 Å². The molecule has 1 fully saturated rings. The number of likely N-dealkylation sites (tertiary alicyclic amines) is 1. The molecule has 12 heteroatoms. The van der Waals surface area contributed by atoms with Crippen molar-refractivity contribution in [3.63, 3.8) is 0 Å². The van der Waals surface area contributed by atoms with Gasteiger partial charge in [0.25, 0.3) is 0 Å². The van der Waals surface area contributed by atoms with Crippen LogP contribution >= 0.6 is 0 Å². The predicted octanol–water partition coefficient (Wildman–Crippen LogP) is 1.48. The van der Waals surface area contributed by atoms with Gasteiger partial charge in [-0.1, -0.05) is 18.2 Å². The molecular formula is C14H17F3N2O5S2. The molecule has 0 spiro atoms. The molecule has 1 saturated heterocycles.